The first-order chi connectivity index (χ1) is 12.1. The Labute approximate surface area is 155 Å². The van der Waals surface area contributed by atoms with Gasteiger partial charge in [-0.1, -0.05) is 35.2 Å². The van der Waals surface area contributed by atoms with E-state index in [1.807, 2.05) is 11.0 Å². The van der Waals surface area contributed by atoms with E-state index in [9.17, 15) is 9.59 Å². The van der Waals surface area contributed by atoms with Crippen LogP contribution in [0.25, 0.3) is 10.9 Å². The van der Waals surface area contributed by atoms with Gasteiger partial charge in [-0.3, -0.25) is 14.2 Å². The molecule has 2 heterocycles. The number of piperidine rings is 1. The molecule has 2 fully saturated rings. The highest BCUT2D eigenvalue weighted by Crippen LogP contribution is 2.36. The van der Waals surface area contributed by atoms with Crippen molar-refractivity contribution < 1.29 is 4.79 Å². The molecule has 1 amide bonds. The smallest absolute Gasteiger partial charge is 0.261 e. The Kier molecular flexibility index (Phi) is 4.63. The van der Waals surface area contributed by atoms with E-state index in [2.05, 4.69) is 20.9 Å². The van der Waals surface area contributed by atoms with Gasteiger partial charge in [-0.2, -0.15) is 0 Å². The van der Waals surface area contributed by atoms with Crippen molar-refractivity contribution in [3.05, 3.63) is 39.4 Å². The van der Waals surface area contributed by atoms with Crippen molar-refractivity contribution in [1.82, 2.24) is 14.5 Å². The SMILES string of the molecule is O=C(Cn1cnc2ccc(Br)cc2c1=O)N1CC[C@@H]2CCCC[C@@H]2C1. The zero-order valence-electron chi connectivity index (χ0n) is 14.2. The summed E-state index contributed by atoms with van der Waals surface area (Å²) in [5.74, 6) is 1.47. The predicted molar refractivity (Wildman–Crippen MR) is 100 cm³/mol. The van der Waals surface area contributed by atoms with E-state index in [0.717, 1.165) is 29.9 Å². The molecule has 0 radical (unpaired) electrons. The van der Waals surface area contributed by atoms with Gasteiger partial charge in [-0.05, 0) is 42.9 Å². The topological polar surface area (TPSA) is 55.2 Å². The van der Waals surface area contributed by atoms with E-state index in [4.69, 9.17) is 0 Å². The minimum atomic E-state index is -0.160. The number of amides is 1. The molecule has 132 valence electrons. The first-order valence-corrected chi connectivity index (χ1v) is 9.83. The fourth-order valence-electron chi connectivity index (χ4n) is 4.32. The molecule has 2 aromatic rings. The van der Waals surface area contributed by atoms with Crippen LogP contribution in [0.3, 0.4) is 0 Å². The van der Waals surface area contributed by atoms with Crippen molar-refractivity contribution in [2.75, 3.05) is 13.1 Å². The molecule has 0 spiro atoms. The first kappa shape index (κ1) is 16.8. The average Bonchev–Trinajstić information content (AvgIpc) is 2.64. The van der Waals surface area contributed by atoms with Crippen LogP contribution in [0, 0.1) is 11.8 Å². The number of aromatic nitrogens is 2. The molecular formula is C19H22BrN3O2. The maximum absolute atomic E-state index is 12.7. The second-order valence-electron chi connectivity index (χ2n) is 7.27. The van der Waals surface area contributed by atoms with Crippen molar-refractivity contribution in [2.45, 2.75) is 38.6 Å². The van der Waals surface area contributed by atoms with Gasteiger partial charge in [0.1, 0.15) is 6.54 Å². The molecule has 0 N–H and O–H groups in total. The number of nitrogens with zero attached hydrogens (tertiary/aromatic N) is 3. The Balaban J connectivity index is 1.52. The number of fused-ring (bicyclic) bond motifs is 2. The summed E-state index contributed by atoms with van der Waals surface area (Å²) in [5, 5.41) is 0.538. The molecule has 2 atom stereocenters. The van der Waals surface area contributed by atoms with Crippen molar-refractivity contribution in [1.29, 1.82) is 0 Å². The molecule has 0 unspecified atom stereocenters. The predicted octanol–water partition coefficient (Wildman–Crippen LogP) is 3.20. The number of rotatable bonds is 2. The second kappa shape index (κ2) is 6.90. The number of hydrogen-bond acceptors (Lipinski definition) is 3. The standard InChI is InChI=1S/C19H22BrN3O2/c20-15-5-6-17-16(9-15)19(25)23(12-21-17)11-18(24)22-8-7-13-3-1-2-4-14(13)10-22/h5-6,9,12-14H,1-4,7-8,10-11H2/t13-,14+/m0/s1. The van der Waals surface area contributed by atoms with Gasteiger partial charge in [-0.25, -0.2) is 4.98 Å². The summed E-state index contributed by atoms with van der Waals surface area (Å²) < 4.78 is 2.27. The summed E-state index contributed by atoms with van der Waals surface area (Å²) in [6.45, 7) is 1.75. The Morgan fingerprint density at radius 2 is 2.00 bits per heavy atom. The van der Waals surface area contributed by atoms with Crippen LogP contribution < -0.4 is 5.56 Å². The third kappa shape index (κ3) is 3.36. The van der Waals surface area contributed by atoms with Gasteiger partial charge in [0.15, 0.2) is 0 Å². The highest BCUT2D eigenvalue weighted by Gasteiger charge is 2.32. The number of hydrogen-bond donors (Lipinski definition) is 0. The molecule has 25 heavy (non-hydrogen) atoms. The van der Waals surface area contributed by atoms with E-state index >= 15 is 0 Å². The maximum Gasteiger partial charge on any atom is 0.261 e. The monoisotopic (exact) mass is 403 g/mol. The molecule has 1 aliphatic heterocycles. The molecule has 6 heteroatoms. The fraction of sp³-hybridized carbons (Fsp3) is 0.526. The summed E-state index contributed by atoms with van der Waals surface area (Å²) in [4.78, 5) is 31.7. The molecule has 0 bridgehead atoms. The van der Waals surface area contributed by atoms with Gasteiger partial charge in [0.05, 0.1) is 17.2 Å². The van der Waals surface area contributed by atoms with Crippen LogP contribution in [0.5, 0.6) is 0 Å². The summed E-state index contributed by atoms with van der Waals surface area (Å²) in [6, 6.07) is 5.43. The Morgan fingerprint density at radius 1 is 1.20 bits per heavy atom. The minimum absolute atomic E-state index is 0.0299. The average molecular weight is 404 g/mol. The number of carbonyl (C=O) groups excluding carboxylic acids is 1. The molecule has 1 saturated heterocycles. The zero-order valence-corrected chi connectivity index (χ0v) is 15.7. The molecular weight excluding hydrogens is 382 g/mol. The summed E-state index contributed by atoms with van der Waals surface area (Å²) in [5.41, 5.74) is 0.493. The summed E-state index contributed by atoms with van der Waals surface area (Å²) in [7, 11) is 0. The lowest BCUT2D eigenvalue weighted by atomic mass is 9.75. The number of likely N-dealkylation sites (tertiary alicyclic amines) is 1. The van der Waals surface area contributed by atoms with E-state index in [1.54, 1.807) is 12.1 Å². The normalized spacial score (nSPS) is 23.5. The Morgan fingerprint density at radius 3 is 2.84 bits per heavy atom. The molecule has 1 saturated carbocycles. The summed E-state index contributed by atoms with van der Waals surface area (Å²) in [6.07, 6.45) is 7.77. The number of carbonyl (C=O) groups is 1. The van der Waals surface area contributed by atoms with Gasteiger partial charge < -0.3 is 4.90 Å². The second-order valence-corrected chi connectivity index (χ2v) is 8.19. The molecule has 1 aliphatic carbocycles. The van der Waals surface area contributed by atoms with Crippen LogP contribution >= 0.6 is 15.9 Å². The van der Waals surface area contributed by atoms with Crippen LogP contribution in [-0.4, -0.2) is 33.4 Å². The van der Waals surface area contributed by atoms with Crippen LogP contribution in [0.4, 0.5) is 0 Å². The Bertz CT molecular complexity index is 863. The van der Waals surface area contributed by atoms with Gasteiger partial charge in [0.2, 0.25) is 5.91 Å². The number of halogens is 1. The van der Waals surface area contributed by atoms with Gasteiger partial charge in [0, 0.05) is 17.6 Å². The van der Waals surface area contributed by atoms with Crippen molar-refractivity contribution in [3.63, 3.8) is 0 Å². The lowest BCUT2D eigenvalue weighted by Gasteiger charge is -2.41. The van der Waals surface area contributed by atoms with E-state index < -0.39 is 0 Å². The lowest BCUT2D eigenvalue weighted by Crippen LogP contribution is -2.46. The third-order valence-electron chi connectivity index (χ3n) is 5.74. The van der Waals surface area contributed by atoms with Crippen LogP contribution in [0.2, 0.25) is 0 Å². The highest BCUT2D eigenvalue weighted by molar-refractivity contribution is 9.10. The van der Waals surface area contributed by atoms with Crippen molar-refractivity contribution >= 4 is 32.7 Å². The van der Waals surface area contributed by atoms with Crippen LogP contribution in [-0.2, 0) is 11.3 Å². The van der Waals surface area contributed by atoms with E-state index in [1.165, 1.54) is 36.6 Å². The van der Waals surface area contributed by atoms with Gasteiger partial charge >= 0.3 is 0 Å². The van der Waals surface area contributed by atoms with Crippen LogP contribution in [0.15, 0.2) is 33.8 Å². The van der Waals surface area contributed by atoms with E-state index in [-0.39, 0.29) is 18.0 Å². The quantitative estimate of drug-likeness (QED) is 0.773. The maximum atomic E-state index is 12.7. The van der Waals surface area contributed by atoms with Gasteiger partial charge in [-0.15, -0.1) is 0 Å². The zero-order chi connectivity index (χ0) is 17.4. The largest absolute Gasteiger partial charge is 0.341 e. The Hall–Kier alpha value is -1.69. The fourth-order valence-corrected chi connectivity index (χ4v) is 4.68. The van der Waals surface area contributed by atoms with Crippen LogP contribution in [0.1, 0.15) is 32.1 Å². The van der Waals surface area contributed by atoms with Gasteiger partial charge in [0.25, 0.3) is 5.56 Å². The first-order valence-electron chi connectivity index (χ1n) is 9.04. The van der Waals surface area contributed by atoms with Crippen molar-refractivity contribution in [2.24, 2.45) is 11.8 Å². The molecule has 4 rings (SSSR count). The molecule has 5 nitrogen and oxygen atoms in total. The van der Waals surface area contributed by atoms with E-state index in [0.29, 0.717) is 16.8 Å². The van der Waals surface area contributed by atoms with Crippen molar-refractivity contribution in [3.8, 4) is 0 Å². The lowest BCUT2D eigenvalue weighted by molar-refractivity contribution is -0.135. The molecule has 1 aromatic carbocycles. The summed E-state index contributed by atoms with van der Waals surface area (Å²) >= 11 is 3.39. The molecule has 2 aliphatic rings. The highest BCUT2D eigenvalue weighted by atomic mass is 79.9. The third-order valence-corrected chi connectivity index (χ3v) is 6.23. The molecule has 1 aromatic heterocycles. The number of benzene rings is 1. The minimum Gasteiger partial charge on any atom is -0.341 e.